The van der Waals surface area contributed by atoms with Crippen molar-refractivity contribution in [1.29, 1.82) is 0 Å². The van der Waals surface area contributed by atoms with Gasteiger partial charge in [-0.25, -0.2) is 9.18 Å². The van der Waals surface area contributed by atoms with Gasteiger partial charge >= 0.3 is 6.09 Å². The zero-order valence-electron chi connectivity index (χ0n) is 27.8. The Balaban J connectivity index is 1.36. The molecule has 3 atom stereocenters. The van der Waals surface area contributed by atoms with Crippen LogP contribution in [0.2, 0.25) is 0 Å². The molecule has 0 radical (unpaired) electrons. The number of Topliss-reactive ketones (excluding diaryl/α,β-unsaturated/α-hetero) is 1. The fourth-order valence-corrected chi connectivity index (χ4v) is 6.84. The number of ketones is 1. The number of hydrogen-bond acceptors (Lipinski definition) is 7. The van der Waals surface area contributed by atoms with Gasteiger partial charge in [0.15, 0.2) is 0 Å². The number of likely N-dealkylation sites (tertiary alicyclic amines) is 1. The molecule has 0 aliphatic carbocycles. The summed E-state index contributed by atoms with van der Waals surface area (Å²) in [4.78, 5) is 52.5. The van der Waals surface area contributed by atoms with E-state index in [1.165, 1.54) is 12.1 Å². The maximum absolute atomic E-state index is 14.2. The Bertz CT molecular complexity index is 1420. The monoisotopic (exact) mass is 621 g/mol. The van der Waals surface area contributed by atoms with Gasteiger partial charge in [0.2, 0.25) is 5.91 Å². The van der Waals surface area contributed by atoms with E-state index in [4.69, 9.17) is 9.72 Å². The van der Waals surface area contributed by atoms with Crippen LogP contribution in [0.1, 0.15) is 78.1 Å². The Morgan fingerprint density at radius 1 is 1.04 bits per heavy atom. The third-order valence-electron chi connectivity index (χ3n) is 9.22. The summed E-state index contributed by atoms with van der Waals surface area (Å²) in [7, 11) is 0. The molecule has 4 heterocycles. The lowest BCUT2D eigenvalue weighted by Crippen LogP contribution is -2.64. The minimum Gasteiger partial charge on any atom is -0.444 e. The van der Waals surface area contributed by atoms with E-state index < -0.39 is 5.60 Å². The van der Waals surface area contributed by atoms with E-state index in [2.05, 4.69) is 30.6 Å². The smallest absolute Gasteiger partial charge is 0.410 e. The molecular weight excluding hydrogens is 573 g/mol. The fourth-order valence-electron chi connectivity index (χ4n) is 6.84. The highest BCUT2D eigenvalue weighted by Gasteiger charge is 2.43. The van der Waals surface area contributed by atoms with Crippen LogP contribution in [0.15, 0.2) is 36.5 Å². The van der Waals surface area contributed by atoms with Crippen molar-refractivity contribution in [3.05, 3.63) is 59.2 Å². The number of anilines is 1. The summed E-state index contributed by atoms with van der Waals surface area (Å²) in [5.74, 6) is 0.000584. The highest BCUT2D eigenvalue weighted by atomic mass is 19.1. The third kappa shape index (κ3) is 7.72. The second-order valence-electron chi connectivity index (χ2n) is 14.8. The Morgan fingerprint density at radius 3 is 2.42 bits per heavy atom. The third-order valence-corrected chi connectivity index (χ3v) is 9.22. The molecule has 45 heavy (non-hydrogen) atoms. The highest BCUT2D eigenvalue weighted by molar-refractivity contribution is 5.97. The van der Waals surface area contributed by atoms with Crippen molar-refractivity contribution in [3.63, 3.8) is 0 Å². The summed E-state index contributed by atoms with van der Waals surface area (Å²) in [6, 6.07) is 8.36. The lowest BCUT2D eigenvalue weighted by atomic mass is 9.91. The molecule has 0 bridgehead atoms. The van der Waals surface area contributed by atoms with Gasteiger partial charge in [-0.15, -0.1) is 0 Å². The van der Waals surface area contributed by atoms with Crippen molar-refractivity contribution in [2.45, 2.75) is 96.9 Å². The molecule has 10 heteroatoms. The second kappa shape index (κ2) is 12.8. The minimum absolute atomic E-state index is 0.00709. The maximum Gasteiger partial charge on any atom is 0.410 e. The number of piperidine rings is 1. The Hall–Kier alpha value is -3.37. The van der Waals surface area contributed by atoms with Gasteiger partial charge in [0.25, 0.3) is 0 Å². The molecule has 2 aromatic rings. The predicted molar refractivity (Wildman–Crippen MR) is 172 cm³/mol. The molecule has 1 unspecified atom stereocenters. The van der Waals surface area contributed by atoms with Crippen LogP contribution in [-0.4, -0.2) is 100 Å². The number of nitrogens with zero attached hydrogens (tertiary/aromatic N) is 5. The average molecular weight is 622 g/mol. The lowest BCUT2D eigenvalue weighted by Gasteiger charge is -2.47. The van der Waals surface area contributed by atoms with Crippen molar-refractivity contribution >= 4 is 23.5 Å². The van der Waals surface area contributed by atoms with Crippen LogP contribution < -0.4 is 4.90 Å². The number of carbonyl (C=O) groups excluding carboxylic acids is 3. The van der Waals surface area contributed by atoms with Crippen LogP contribution in [0.3, 0.4) is 0 Å². The summed E-state index contributed by atoms with van der Waals surface area (Å²) in [5.41, 5.74) is 2.73. The number of ether oxygens (including phenoxy) is 1. The Kier molecular flexibility index (Phi) is 9.38. The zero-order valence-corrected chi connectivity index (χ0v) is 27.8. The van der Waals surface area contributed by atoms with Crippen molar-refractivity contribution in [2.24, 2.45) is 0 Å². The number of carbonyl (C=O) groups is 3. The van der Waals surface area contributed by atoms with E-state index in [0.717, 1.165) is 22.5 Å². The first-order chi connectivity index (χ1) is 21.1. The molecule has 1 aromatic heterocycles. The number of benzene rings is 1. The summed E-state index contributed by atoms with van der Waals surface area (Å²) < 4.78 is 19.2. The number of pyridine rings is 1. The molecule has 2 fully saturated rings. The number of fused-ring (bicyclic) bond motifs is 1. The van der Waals surface area contributed by atoms with Crippen LogP contribution >= 0.6 is 0 Å². The van der Waals surface area contributed by atoms with Crippen LogP contribution in [0, 0.1) is 5.82 Å². The number of piperazine rings is 1. The number of rotatable bonds is 6. The maximum atomic E-state index is 14.2. The number of aromatic nitrogens is 1. The highest BCUT2D eigenvalue weighted by Crippen LogP contribution is 2.40. The molecule has 0 N–H and O–H groups in total. The zero-order chi connectivity index (χ0) is 32.7. The van der Waals surface area contributed by atoms with E-state index >= 15 is 0 Å². The van der Waals surface area contributed by atoms with Crippen LogP contribution in [0.5, 0.6) is 0 Å². The largest absolute Gasteiger partial charge is 0.444 e. The van der Waals surface area contributed by atoms with Gasteiger partial charge < -0.3 is 14.5 Å². The van der Waals surface area contributed by atoms with E-state index in [-0.39, 0.29) is 53.7 Å². The van der Waals surface area contributed by atoms with Crippen molar-refractivity contribution in [3.8, 4) is 0 Å². The second-order valence-corrected chi connectivity index (χ2v) is 14.8. The van der Waals surface area contributed by atoms with Gasteiger partial charge in [0.1, 0.15) is 17.2 Å². The molecule has 0 saturated carbocycles. The van der Waals surface area contributed by atoms with Crippen molar-refractivity contribution in [2.75, 3.05) is 44.2 Å². The first-order valence-electron chi connectivity index (χ1n) is 16.1. The Labute approximate surface area is 266 Å². The van der Waals surface area contributed by atoms with Gasteiger partial charge in [-0.1, -0.05) is 26.0 Å². The Morgan fingerprint density at radius 2 is 1.76 bits per heavy atom. The van der Waals surface area contributed by atoms with Gasteiger partial charge in [-0.2, -0.15) is 0 Å². The molecule has 9 nitrogen and oxygen atoms in total. The van der Waals surface area contributed by atoms with Crippen molar-refractivity contribution in [1.82, 2.24) is 19.7 Å². The van der Waals surface area contributed by atoms with E-state index in [1.807, 2.05) is 44.9 Å². The average Bonchev–Trinajstić information content (AvgIpc) is 3.21. The van der Waals surface area contributed by atoms with Crippen LogP contribution in [0.25, 0.3) is 0 Å². The van der Waals surface area contributed by atoms with Crippen LogP contribution in [0.4, 0.5) is 14.9 Å². The van der Waals surface area contributed by atoms with E-state index in [1.54, 1.807) is 17.0 Å². The molecule has 3 aliphatic rings. The predicted octanol–water partition coefficient (Wildman–Crippen LogP) is 4.80. The summed E-state index contributed by atoms with van der Waals surface area (Å²) >= 11 is 0. The van der Waals surface area contributed by atoms with Gasteiger partial charge in [-0.05, 0) is 70.4 Å². The topological polar surface area (TPSA) is 86.3 Å². The molecule has 1 aromatic carbocycles. The quantitative estimate of drug-likeness (QED) is 0.458. The minimum atomic E-state index is -0.610. The first-order valence-corrected chi connectivity index (χ1v) is 16.1. The molecule has 2 saturated heterocycles. The normalized spacial score (nSPS) is 24.1. The molecule has 5 rings (SSSR count). The first kappa shape index (κ1) is 33.0. The molecule has 0 spiro atoms. The van der Waals surface area contributed by atoms with Gasteiger partial charge in [0.05, 0.1) is 17.9 Å². The van der Waals surface area contributed by atoms with E-state index in [9.17, 15) is 18.8 Å². The molecule has 3 aliphatic heterocycles. The standard InChI is InChI=1S/C35H48FN5O4/c1-23-14-29(42)12-13-38(23)19-28-20-40(33(44)45-34(3,4)5)24(2)18-39(28)21-31(43)41-22-35(6,7)32-30(41)16-26(17-37-32)15-25-8-10-27(36)11-9-25/h8-11,16-17,23-24,28H,12-15,18-22H2,1-7H3/t23?,24-,28+/m1/s1. The summed E-state index contributed by atoms with van der Waals surface area (Å²) in [6.45, 7) is 16.9. The number of amides is 2. The fraction of sp³-hybridized carbons (Fsp3) is 0.600. The summed E-state index contributed by atoms with van der Waals surface area (Å²) in [5, 5.41) is 0. The molecular formula is C35H48FN5O4. The SMILES string of the molecule is CC1CC(=O)CCN1C[C@H]1CN(C(=O)OC(C)(C)C)[C@H](C)CN1CC(=O)N1CC(C)(C)c2ncc(Cc3ccc(F)cc3)cc21. The van der Waals surface area contributed by atoms with E-state index in [0.29, 0.717) is 52.0 Å². The van der Waals surface area contributed by atoms with Gasteiger partial charge in [-0.3, -0.25) is 24.4 Å². The molecule has 2 amide bonds. The van der Waals surface area contributed by atoms with Gasteiger partial charge in [0, 0.05) is 75.3 Å². The summed E-state index contributed by atoms with van der Waals surface area (Å²) in [6.07, 6.45) is 3.14. The number of halogens is 1. The molecule has 244 valence electrons. The lowest BCUT2D eigenvalue weighted by molar-refractivity contribution is -0.123. The number of hydrogen-bond donors (Lipinski definition) is 0. The van der Waals surface area contributed by atoms with Crippen molar-refractivity contribution < 1.29 is 23.5 Å². The van der Waals surface area contributed by atoms with Crippen LogP contribution in [-0.2, 0) is 26.2 Å².